The van der Waals surface area contributed by atoms with Gasteiger partial charge in [-0.1, -0.05) is 6.92 Å². The average Bonchev–Trinajstić information content (AvgIpc) is 3.05. The van der Waals surface area contributed by atoms with Crippen molar-refractivity contribution >= 4 is 41.3 Å². The first-order valence-corrected chi connectivity index (χ1v) is 8.24. The lowest BCUT2D eigenvalue weighted by Gasteiger charge is -2.20. The molecule has 2 aliphatic rings. The van der Waals surface area contributed by atoms with E-state index in [2.05, 4.69) is 32.4 Å². The highest BCUT2D eigenvalue weighted by atomic mass is 127. The Kier molecular flexibility index (Phi) is 6.24. The first kappa shape index (κ1) is 17.0. The van der Waals surface area contributed by atoms with Crippen LogP contribution in [-0.2, 0) is 6.54 Å². The fourth-order valence-corrected chi connectivity index (χ4v) is 3.36. The molecule has 0 radical (unpaired) electrons. The van der Waals surface area contributed by atoms with Gasteiger partial charge in [0.2, 0.25) is 0 Å². The Morgan fingerprint density at radius 1 is 1.48 bits per heavy atom. The molecule has 1 aliphatic heterocycles. The summed E-state index contributed by atoms with van der Waals surface area (Å²) < 4.78 is 0. The van der Waals surface area contributed by atoms with E-state index in [1.807, 2.05) is 18.6 Å². The second-order valence-corrected chi connectivity index (χ2v) is 6.74. The van der Waals surface area contributed by atoms with Crippen molar-refractivity contribution in [3.8, 4) is 0 Å². The van der Waals surface area contributed by atoms with Crippen LogP contribution < -0.4 is 10.6 Å². The summed E-state index contributed by atoms with van der Waals surface area (Å²) in [6.45, 7) is 5.43. The van der Waals surface area contributed by atoms with Gasteiger partial charge in [0.05, 0.1) is 6.54 Å². The number of likely N-dealkylation sites (tertiary alicyclic amines) is 1. The molecule has 2 N–H and O–H groups in total. The highest BCUT2D eigenvalue weighted by Gasteiger charge is 2.38. The highest BCUT2D eigenvalue weighted by Crippen LogP contribution is 2.31. The molecule has 2 atom stereocenters. The van der Waals surface area contributed by atoms with Crippen molar-refractivity contribution in [2.24, 2.45) is 10.9 Å². The van der Waals surface area contributed by atoms with E-state index < -0.39 is 0 Å². The third-order valence-corrected chi connectivity index (χ3v) is 4.92. The quantitative estimate of drug-likeness (QED) is 0.443. The van der Waals surface area contributed by atoms with Gasteiger partial charge in [-0.15, -0.1) is 35.3 Å². The van der Waals surface area contributed by atoms with Gasteiger partial charge in [-0.05, 0) is 18.8 Å². The minimum absolute atomic E-state index is 0. The summed E-state index contributed by atoms with van der Waals surface area (Å²) in [6, 6.07) is 1.35. The number of halogens is 1. The fraction of sp³-hybridized carbons (Fsp3) is 0.714. The number of hydrogen-bond acceptors (Lipinski definition) is 4. The first-order valence-electron chi connectivity index (χ1n) is 7.36. The van der Waals surface area contributed by atoms with Crippen molar-refractivity contribution in [2.45, 2.75) is 38.4 Å². The molecule has 0 bridgehead atoms. The van der Waals surface area contributed by atoms with E-state index >= 15 is 0 Å². The molecule has 21 heavy (non-hydrogen) atoms. The second kappa shape index (κ2) is 7.73. The Balaban J connectivity index is 0.00000161. The minimum Gasteiger partial charge on any atom is -0.352 e. The summed E-state index contributed by atoms with van der Waals surface area (Å²) in [5, 5.41) is 10.0. The standard InChI is InChI=1S/C14H23N5S.HI/c1-10-8-19(11-3-4-11)9-12(10)18-14(15-2)17-7-13-16-5-6-20-13;/h5-6,10-12H,3-4,7-9H2,1-2H3,(H2,15,17,18);1H. The van der Waals surface area contributed by atoms with E-state index in [9.17, 15) is 0 Å². The van der Waals surface area contributed by atoms with Crippen molar-refractivity contribution in [1.82, 2.24) is 20.5 Å². The summed E-state index contributed by atoms with van der Waals surface area (Å²) >= 11 is 1.67. The molecule has 7 heteroatoms. The molecule has 118 valence electrons. The average molecular weight is 421 g/mol. The van der Waals surface area contributed by atoms with Crippen LogP contribution in [0.15, 0.2) is 16.6 Å². The Bertz CT molecular complexity index is 460. The highest BCUT2D eigenvalue weighted by molar-refractivity contribution is 14.0. The van der Waals surface area contributed by atoms with Crippen LogP contribution >= 0.6 is 35.3 Å². The van der Waals surface area contributed by atoms with E-state index in [1.54, 1.807) is 11.3 Å². The number of nitrogens with one attached hydrogen (secondary N) is 2. The number of nitrogens with zero attached hydrogens (tertiary/aromatic N) is 3. The number of aliphatic imine (C=N–C) groups is 1. The largest absolute Gasteiger partial charge is 0.352 e. The van der Waals surface area contributed by atoms with Crippen LogP contribution in [0.5, 0.6) is 0 Å². The third-order valence-electron chi connectivity index (χ3n) is 4.14. The first-order chi connectivity index (χ1) is 9.76. The SMILES string of the molecule is CN=C(NCc1nccs1)NC1CN(C2CC2)CC1C.I. The van der Waals surface area contributed by atoms with E-state index in [1.165, 1.54) is 19.4 Å². The van der Waals surface area contributed by atoms with E-state index in [0.717, 1.165) is 30.1 Å². The summed E-state index contributed by atoms with van der Waals surface area (Å²) in [7, 11) is 1.83. The molecule has 0 amide bonds. The maximum atomic E-state index is 4.32. The molecule has 1 aliphatic carbocycles. The van der Waals surface area contributed by atoms with Gasteiger partial charge in [0.1, 0.15) is 5.01 Å². The van der Waals surface area contributed by atoms with Crippen LogP contribution in [0.2, 0.25) is 0 Å². The van der Waals surface area contributed by atoms with Crippen molar-refractivity contribution in [1.29, 1.82) is 0 Å². The smallest absolute Gasteiger partial charge is 0.191 e. The van der Waals surface area contributed by atoms with Crippen LogP contribution in [0.25, 0.3) is 0 Å². The Hall–Kier alpha value is -0.410. The molecule has 2 heterocycles. The molecule has 5 nitrogen and oxygen atoms in total. The van der Waals surface area contributed by atoms with Crippen molar-refractivity contribution in [3.05, 3.63) is 16.6 Å². The van der Waals surface area contributed by atoms with E-state index in [-0.39, 0.29) is 24.0 Å². The van der Waals surface area contributed by atoms with Crippen LogP contribution in [-0.4, -0.2) is 48.1 Å². The Morgan fingerprint density at radius 3 is 2.90 bits per heavy atom. The predicted molar refractivity (Wildman–Crippen MR) is 98.4 cm³/mol. The van der Waals surface area contributed by atoms with Gasteiger partial charge in [0.15, 0.2) is 5.96 Å². The molecular formula is C14H24IN5S. The molecule has 0 aromatic carbocycles. The molecule has 0 spiro atoms. The van der Waals surface area contributed by atoms with Crippen LogP contribution in [0.1, 0.15) is 24.8 Å². The molecule has 1 saturated carbocycles. The molecule has 1 aromatic heterocycles. The normalized spacial score (nSPS) is 26.5. The Labute approximate surface area is 147 Å². The molecular weight excluding hydrogens is 397 g/mol. The van der Waals surface area contributed by atoms with Gasteiger partial charge in [-0.3, -0.25) is 9.89 Å². The predicted octanol–water partition coefficient (Wildman–Crippen LogP) is 1.91. The number of aromatic nitrogens is 1. The van der Waals surface area contributed by atoms with Crippen molar-refractivity contribution in [2.75, 3.05) is 20.1 Å². The summed E-state index contributed by atoms with van der Waals surface area (Å²) in [5.41, 5.74) is 0. The van der Waals surface area contributed by atoms with Gasteiger partial charge >= 0.3 is 0 Å². The summed E-state index contributed by atoms with van der Waals surface area (Å²) in [4.78, 5) is 11.2. The van der Waals surface area contributed by atoms with E-state index in [0.29, 0.717) is 12.0 Å². The van der Waals surface area contributed by atoms with Crippen LogP contribution in [0.4, 0.5) is 0 Å². The number of thiazole rings is 1. The third kappa shape index (κ3) is 4.53. The lowest BCUT2D eigenvalue weighted by atomic mass is 10.1. The molecule has 1 saturated heterocycles. The lowest BCUT2D eigenvalue weighted by molar-refractivity contribution is 0.315. The second-order valence-electron chi connectivity index (χ2n) is 5.76. The summed E-state index contributed by atoms with van der Waals surface area (Å²) in [6.07, 6.45) is 4.61. The number of guanidine groups is 1. The van der Waals surface area contributed by atoms with Crippen LogP contribution in [0.3, 0.4) is 0 Å². The molecule has 1 aromatic rings. The molecule has 2 fully saturated rings. The maximum absolute atomic E-state index is 4.32. The minimum atomic E-state index is 0. The summed E-state index contributed by atoms with van der Waals surface area (Å²) in [5.74, 6) is 1.56. The van der Waals surface area contributed by atoms with Gasteiger partial charge in [0.25, 0.3) is 0 Å². The number of hydrogen-bond donors (Lipinski definition) is 2. The fourth-order valence-electron chi connectivity index (χ4n) is 2.80. The van der Waals surface area contributed by atoms with Crippen LogP contribution in [0, 0.1) is 5.92 Å². The zero-order chi connectivity index (χ0) is 13.9. The topological polar surface area (TPSA) is 52.6 Å². The molecule has 2 unspecified atom stereocenters. The molecule has 3 rings (SSSR count). The van der Waals surface area contributed by atoms with Crippen molar-refractivity contribution < 1.29 is 0 Å². The zero-order valence-electron chi connectivity index (χ0n) is 12.6. The zero-order valence-corrected chi connectivity index (χ0v) is 15.7. The van der Waals surface area contributed by atoms with Gasteiger partial charge in [-0.25, -0.2) is 4.98 Å². The van der Waals surface area contributed by atoms with Gasteiger partial charge in [-0.2, -0.15) is 0 Å². The van der Waals surface area contributed by atoms with E-state index in [4.69, 9.17) is 0 Å². The van der Waals surface area contributed by atoms with Crippen molar-refractivity contribution in [3.63, 3.8) is 0 Å². The van der Waals surface area contributed by atoms with Gasteiger partial charge < -0.3 is 10.6 Å². The maximum Gasteiger partial charge on any atom is 0.191 e. The van der Waals surface area contributed by atoms with Gasteiger partial charge in [0, 0.05) is 43.8 Å². The number of rotatable bonds is 4. The Morgan fingerprint density at radius 2 is 2.29 bits per heavy atom. The monoisotopic (exact) mass is 421 g/mol. The lowest BCUT2D eigenvalue weighted by Crippen LogP contribution is -2.46.